The number of rotatable bonds is 1. The van der Waals surface area contributed by atoms with Crippen molar-refractivity contribution in [1.29, 1.82) is 0 Å². The smallest absolute Gasteiger partial charge is 0.258 e. The van der Waals surface area contributed by atoms with Gasteiger partial charge >= 0.3 is 0 Å². The van der Waals surface area contributed by atoms with E-state index in [1.54, 1.807) is 36.7 Å². The monoisotopic (exact) mass is 241 g/mol. The van der Waals surface area contributed by atoms with E-state index in [0.717, 1.165) is 0 Å². The third kappa shape index (κ3) is 1.36. The normalized spacial score (nSPS) is 10.9. The van der Waals surface area contributed by atoms with Gasteiger partial charge in [-0.2, -0.15) is 0 Å². The summed E-state index contributed by atoms with van der Waals surface area (Å²) in [5, 5.41) is 12.3. The van der Waals surface area contributed by atoms with Gasteiger partial charge in [0.1, 0.15) is 0 Å². The van der Waals surface area contributed by atoms with Crippen LogP contribution in [-0.4, -0.2) is 9.91 Å². The number of nitro benzene ring substituents is 1. The Morgan fingerprint density at radius 1 is 1.33 bits per heavy atom. The van der Waals surface area contributed by atoms with Gasteiger partial charge in [-0.3, -0.25) is 10.1 Å². The molecule has 0 aliphatic carbocycles. The van der Waals surface area contributed by atoms with Crippen LogP contribution in [0.4, 0.5) is 5.69 Å². The van der Waals surface area contributed by atoms with Crippen LogP contribution in [0.15, 0.2) is 42.7 Å². The summed E-state index contributed by atoms with van der Waals surface area (Å²) < 4.78 is 1.42. The zero-order valence-corrected chi connectivity index (χ0v) is 9.28. The topological polar surface area (TPSA) is 85.9 Å². The zero-order chi connectivity index (χ0) is 12.7. The second-order valence-corrected chi connectivity index (χ2v) is 3.91. The summed E-state index contributed by atoms with van der Waals surface area (Å²) in [7, 11) is 0. The SMILES string of the molecule is N[n+]1cccc2cc([N+](=O)[O-])c3cccnc3c21. The fraction of sp³-hybridized carbons (Fsp3) is 0. The first-order chi connectivity index (χ1) is 8.68. The van der Waals surface area contributed by atoms with Gasteiger partial charge in [0.25, 0.3) is 11.2 Å². The van der Waals surface area contributed by atoms with Crippen LogP contribution < -0.4 is 10.5 Å². The number of hydrogen-bond donors (Lipinski definition) is 1. The molecule has 0 aliphatic rings. The molecular formula is C12H9N4O2+. The van der Waals surface area contributed by atoms with E-state index in [-0.39, 0.29) is 5.69 Å². The third-order valence-electron chi connectivity index (χ3n) is 2.85. The van der Waals surface area contributed by atoms with Gasteiger partial charge in [-0.05, 0) is 18.2 Å². The quantitative estimate of drug-likeness (QED) is 0.229. The number of benzene rings is 1. The molecule has 0 saturated carbocycles. The van der Waals surface area contributed by atoms with Crippen molar-refractivity contribution in [3.63, 3.8) is 0 Å². The number of nitrogens with zero attached hydrogens (tertiary/aromatic N) is 3. The Labute approximate surface area is 101 Å². The van der Waals surface area contributed by atoms with Crippen molar-refractivity contribution < 1.29 is 9.60 Å². The van der Waals surface area contributed by atoms with Gasteiger partial charge in [-0.15, -0.1) is 0 Å². The number of nitrogen functional groups attached to an aromatic ring is 1. The molecule has 0 saturated heterocycles. The number of fused-ring (bicyclic) bond motifs is 3. The molecule has 0 fully saturated rings. The van der Waals surface area contributed by atoms with Crippen LogP contribution in [0.2, 0.25) is 0 Å². The molecule has 88 valence electrons. The lowest BCUT2D eigenvalue weighted by Crippen LogP contribution is -2.44. The van der Waals surface area contributed by atoms with Crippen LogP contribution in [0.5, 0.6) is 0 Å². The average Bonchev–Trinajstić information content (AvgIpc) is 2.37. The van der Waals surface area contributed by atoms with E-state index in [9.17, 15) is 10.1 Å². The van der Waals surface area contributed by atoms with Gasteiger partial charge < -0.3 is 0 Å². The number of aromatic nitrogens is 2. The molecule has 3 rings (SSSR count). The molecule has 6 nitrogen and oxygen atoms in total. The molecule has 3 aromatic rings. The summed E-state index contributed by atoms with van der Waals surface area (Å²) >= 11 is 0. The van der Waals surface area contributed by atoms with Crippen molar-refractivity contribution in [2.24, 2.45) is 0 Å². The van der Waals surface area contributed by atoms with Crippen LogP contribution in [0.1, 0.15) is 0 Å². The van der Waals surface area contributed by atoms with Crippen LogP contribution in [0, 0.1) is 10.1 Å². The number of non-ortho nitro benzene ring substituents is 1. The standard InChI is InChI=1S/C12H9N4O2/c13-15-6-2-3-8-7-10(16(17)18)9-4-1-5-14-11(9)12(8)15/h1-7H,13H2/q+1. The summed E-state index contributed by atoms with van der Waals surface area (Å²) in [5.74, 6) is 5.86. The second kappa shape index (κ2) is 3.63. The first-order valence-corrected chi connectivity index (χ1v) is 5.30. The first kappa shape index (κ1) is 10.4. The van der Waals surface area contributed by atoms with E-state index >= 15 is 0 Å². The van der Waals surface area contributed by atoms with Gasteiger partial charge in [0, 0.05) is 18.3 Å². The minimum Gasteiger partial charge on any atom is -0.258 e. The molecule has 2 aromatic heterocycles. The summed E-state index contributed by atoms with van der Waals surface area (Å²) in [6.07, 6.45) is 3.28. The summed E-state index contributed by atoms with van der Waals surface area (Å²) in [6, 6.07) is 8.38. The Kier molecular flexibility index (Phi) is 2.09. The molecule has 0 unspecified atom stereocenters. The molecule has 0 spiro atoms. The van der Waals surface area contributed by atoms with E-state index in [2.05, 4.69) is 4.98 Å². The molecule has 0 bridgehead atoms. The lowest BCUT2D eigenvalue weighted by atomic mass is 10.1. The van der Waals surface area contributed by atoms with Crippen LogP contribution >= 0.6 is 0 Å². The van der Waals surface area contributed by atoms with Gasteiger partial charge in [-0.25, -0.2) is 10.8 Å². The predicted molar refractivity (Wildman–Crippen MR) is 66.2 cm³/mol. The molecule has 2 N–H and O–H groups in total. The molecule has 2 heterocycles. The van der Waals surface area contributed by atoms with Crippen LogP contribution in [0.25, 0.3) is 21.8 Å². The number of nitro groups is 1. The summed E-state index contributed by atoms with van der Waals surface area (Å²) in [6.45, 7) is 0. The highest BCUT2D eigenvalue weighted by Gasteiger charge is 2.20. The van der Waals surface area contributed by atoms with Crippen molar-refractivity contribution in [1.82, 2.24) is 4.98 Å². The molecule has 0 amide bonds. The van der Waals surface area contributed by atoms with E-state index < -0.39 is 4.92 Å². The molecular weight excluding hydrogens is 232 g/mol. The molecule has 0 aliphatic heterocycles. The highest BCUT2D eigenvalue weighted by atomic mass is 16.6. The molecule has 0 radical (unpaired) electrons. The first-order valence-electron chi connectivity index (χ1n) is 5.30. The molecule has 18 heavy (non-hydrogen) atoms. The largest absolute Gasteiger partial charge is 0.279 e. The average molecular weight is 241 g/mol. The van der Waals surface area contributed by atoms with Crippen molar-refractivity contribution in [2.45, 2.75) is 0 Å². The zero-order valence-electron chi connectivity index (χ0n) is 9.28. The van der Waals surface area contributed by atoms with Crippen LogP contribution in [-0.2, 0) is 0 Å². The Bertz CT molecular complexity index is 785. The van der Waals surface area contributed by atoms with Crippen molar-refractivity contribution >= 4 is 27.5 Å². The van der Waals surface area contributed by atoms with E-state index in [1.807, 2.05) is 0 Å². The lowest BCUT2D eigenvalue weighted by Gasteiger charge is -2.01. The minimum absolute atomic E-state index is 0.0387. The highest BCUT2D eigenvalue weighted by molar-refractivity contribution is 6.05. The van der Waals surface area contributed by atoms with Crippen molar-refractivity contribution in [3.05, 3.63) is 52.8 Å². The van der Waals surface area contributed by atoms with Gasteiger partial charge in [0.2, 0.25) is 0 Å². The van der Waals surface area contributed by atoms with E-state index in [1.165, 1.54) is 10.7 Å². The van der Waals surface area contributed by atoms with E-state index in [4.69, 9.17) is 5.84 Å². The lowest BCUT2D eigenvalue weighted by molar-refractivity contribution is -0.610. The fourth-order valence-electron chi connectivity index (χ4n) is 2.09. The Hall–Kier alpha value is -2.76. The summed E-state index contributed by atoms with van der Waals surface area (Å²) in [4.78, 5) is 14.9. The molecule has 6 heteroatoms. The highest BCUT2D eigenvalue weighted by Crippen LogP contribution is 2.29. The van der Waals surface area contributed by atoms with Gasteiger partial charge in [0.05, 0.1) is 15.7 Å². The fourth-order valence-corrected chi connectivity index (χ4v) is 2.09. The van der Waals surface area contributed by atoms with Gasteiger partial charge in [-0.1, -0.05) is 4.68 Å². The number of hydrogen-bond acceptors (Lipinski definition) is 4. The van der Waals surface area contributed by atoms with E-state index in [0.29, 0.717) is 21.8 Å². The van der Waals surface area contributed by atoms with Crippen molar-refractivity contribution in [2.75, 3.05) is 5.84 Å². The maximum atomic E-state index is 11.1. The third-order valence-corrected chi connectivity index (χ3v) is 2.85. The Morgan fingerprint density at radius 2 is 2.17 bits per heavy atom. The number of pyridine rings is 2. The van der Waals surface area contributed by atoms with Crippen molar-refractivity contribution in [3.8, 4) is 0 Å². The second-order valence-electron chi connectivity index (χ2n) is 3.91. The van der Waals surface area contributed by atoms with Gasteiger partial charge in [0.15, 0.2) is 11.7 Å². The van der Waals surface area contributed by atoms with Crippen LogP contribution in [0.3, 0.4) is 0 Å². The minimum atomic E-state index is -0.405. The Balaban J connectivity index is 2.62. The maximum Gasteiger partial charge on any atom is 0.279 e. The summed E-state index contributed by atoms with van der Waals surface area (Å²) in [5.41, 5.74) is 1.25. The Morgan fingerprint density at radius 3 is 2.94 bits per heavy atom. The maximum absolute atomic E-state index is 11.1. The molecule has 1 aromatic carbocycles. The molecule has 0 atom stereocenters. The predicted octanol–water partition coefficient (Wildman–Crippen LogP) is 1.30. The number of nitrogens with two attached hydrogens (primary N) is 1.